The average Bonchev–Trinajstić information content (AvgIpc) is 3.16. The Bertz CT molecular complexity index is 1290. The zero-order chi connectivity index (χ0) is 21.1. The number of aromatic nitrogens is 2. The fourth-order valence-corrected chi connectivity index (χ4v) is 3.91. The molecule has 0 aliphatic heterocycles. The zero-order valence-electron chi connectivity index (χ0n) is 16.0. The molecule has 4 rings (SSSR count). The molecule has 0 unspecified atom stereocenters. The Labute approximate surface area is 175 Å². The number of H-pyrrole nitrogens is 1. The number of esters is 1. The van der Waals surface area contributed by atoms with Gasteiger partial charge >= 0.3 is 5.97 Å². The molecule has 0 aliphatic rings. The Hall–Kier alpha value is -3.78. The molecule has 1 amide bonds. The summed E-state index contributed by atoms with van der Waals surface area (Å²) in [7, 11) is 0. The maximum Gasteiger partial charge on any atom is 0.344 e. The molecule has 2 aromatic carbocycles. The molecule has 0 bridgehead atoms. The van der Waals surface area contributed by atoms with Crippen molar-refractivity contribution in [3.8, 4) is 10.6 Å². The van der Waals surface area contributed by atoms with Crippen molar-refractivity contribution in [1.29, 1.82) is 0 Å². The number of fused-ring (bicyclic) bond motifs is 1. The van der Waals surface area contributed by atoms with Crippen LogP contribution in [0.2, 0.25) is 0 Å². The lowest BCUT2D eigenvalue weighted by atomic mass is 10.2. The highest BCUT2D eigenvalue weighted by atomic mass is 32.1. The first-order valence-corrected chi connectivity index (χ1v) is 9.93. The minimum atomic E-state index is -0.853. The quantitative estimate of drug-likeness (QED) is 0.480. The van der Waals surface area contributed by atoms with Crippen LogP contribution in [0.1, 0.15) is 15.9 Å². The van der Waals surface area contributed by atoms with E-state index in [0.29, 0.717) is 5.69 Å². The molecule has 0 atom stereocenters. The van der Waals surface area contributed by atoms with Crippen molar-refractivity contribution < 1.29 is 14.3 Å². The van der Waals surface area contributed by atoms with Gasteiger partial charge in [0.2, 0.25) is 0 Å². The molecule has 8 heteroatoms. The zero-order valence-corrected chi connectivity index (χ0v) is 16.8. The number of aromatic amines is 1. The lowest BCUT2D eigenvalue weighted by Crippen LogP contribution is -2.24. The van der Waals surface area contributed by atoms with E-state index in [0.717, 1.165) is 20.8 Å². The van der Waals surface area contributed by atoms with Gasteiger partial charge in [0.25, 0.3) is 11.5 Å². The summed E-state index contributed by atoms with van der Waals surface area (Å²) in [6, 6.07) is 16.2. The number of nitrogens with one attached hydrogen (secondary N) is 2. The summed E-state index contributed by atoms with van der Waals surface area (Å²) in [6.45, 7) is 1.55. The van der Waals surface area contributed by atoms with Crippen molar-refractivity contribution in [3.05, 3.63) is 82.3 Å². The van der Waals surface area contributed by atoms with Gasteiger partial charge in [-0.25, -0.2) is 9.78 Å². The summed E-state index contributed by atoms with van der Waals surface area (Å²) < 4.78 is 6.03. The summed E-state index contributed by atoms with van der Waals surface area (Å²) in [4.78, 5) is 42.5. The minimum absolute atomic E-state index is 0.152. The number of anilines is 1. The van der Waals surface area contributed by atoms with Gasteiger partial charge in [0.05, 0.1) is 10.2 Å². The molecule has 0 radical (unpaired) electrons. The number of carbonyl (C=O) groups is 2. The third kappa shape index (κ3) is 4.28. The number of rotatable bonds is 5. The van der Waals surface area contributed by atoms with Crippen molar-refractivity contribution in [2.75, 3.05) is 11.9 Å². The molecule has 150 valence electrons. The van der Waals surface area contributed by atoms with Crippen molar-refractivity contribution >= 4 is 39.1 Å². The first-order valence-electron chi connectivity index (χ1n) is 9.12. The van der Waals surface area contributed by atoms with Crippen molar-refractivity contribution in [1.82, 2.24) is 9.97 Å². The number of hydrogen-bond acceptors (Lipinski definition) is 6. The third-order valence-electron chi connectivity index (χ3n) is 4.33. The van der Waals surface area contributed by atoms with Crippen molar-refractivity contribution in [3.63, 3.8) is 0 Å². The van der Waals surface area contributed by atoms with Gasteiger partial charge in [-0.3, -0.25) is 9.59 Å². The number of hydrogen-bond donors (Lipinski definition) is 2. The predicted octanol–water partition coefficient (Wildman–Crippen LogP) is 3.76. The van der Waals surface area contributed by atoms with Crippen LogP contribution in [0.15, 0.2) is 65.6 Å². The van der Waals surface area contributed by atoms with Gasteiger partial charge in [0.15, 0.2) is 6.61 Å². The summed E-state index contributed by atoms with van der Waals surface area (Å²) in [5, 5.41) is 3.56. The summed E-state index contributed by atoms with van der Waals surface area (Å²) >= 11 is 1.61. The van der Waals surface area contributed by atoms with Crippen molar-refractivity contribution in [2.45, 2.75) is 6.92 Å². The van der Waals surface area contributed by atoms with E-state index >= 15 is 0 Å². The van der Waals surface area contributed by atoms with Gasteiger partial charge in [-0.2, -0.15) is 0 Å². The summed E-state index contributed by atoms with van der Waals surface area (Å²) in [5.74, 6) is -1.35. The highest BCUT2D eigenvalue weighted by Gasteiger charge is 2.13. The Kier molecular flexibility index (Phi) is 5.40. The molecule has 4 aromatic rings. The van der Waals surface area contributed by atoms with Crippen LogP contribution in [0.3, 0.4) is 0 Å². The Morgan fingerprint density at radius 1 is 1.13 bits per heavy atom. The molecular formula is C22H17N3O4S. The topological polar surface area (TPSA) is 101 Å². The van der Waals surface area contributed by atoms with E-state index in [4.69, 9.17) is 4.74 Å². The van der Waals surface area contributed by atoms with Gasteiger partial charge in [0.1, 0.15) is 10.6 Å². The lowest BCUT2D eigenvalue weighted by Gasteiger charge is -2.07. The number of amides is 1. The second kappa shape index (κ2) is 8.30. The first-order chi connectivity index (χ1) is 14.5. The van der Waals surface area contributed by atoms with Crippen LogP contribution < -0.4 is 10.9 Å². The van der Waals surface area contributed by atoms with Gasteiger partial charge in [-0.05, 0) is 61.0 Å². The van der Waals surface area contributed by atoms with E-state index in [1.165, 1.54) is 23.9 Å². The first kappa shape index (κ1) is 19.5. The van der Waals surface area contributed by atoms with E-state index in [1.54, 1.807) is 23.5 Å². The molecule has 2 aromatic heterocycles. The second-order valence-electron chi connectivity index (χ2n) is 6.60. The number of pyridine rings is 1. The number of nitrogens with zero attached hydrogens (tertiary/aromatic N) is 1. The van der Waals surface area contributed by atoms with E-state index in [9.17, 15) is 14.4 Å². The molecule has 0 spiro atoms. The molecule has 30 heavy (non-hydrogen) atoms. The molecule has 0 saturated heterocycles. The van der Waals surface area contributed by atoms with Crippen LogP contribution in [-0.2, 0) is 9.53 Å². The summed E-state index contributed by atoms with van der Waals surface area (Å²) in [6.07, 6.45) is 1.41. The Morgan fingerprint density at radius 2 is 1.93 bits per heavy atom. The molecule has 0 fully saturated rings. The fraction of sp³-hybridized carbons (Fsp3) is 0.0909. The standard InChI is InChI=1S/C22H17N3O4S/c1-13-4-9-17-18(11-13)30-21(25-17)14-5-7-15(8-6-14)24-19(26)12-29-22(28)16-3-2-10-23-20(16)27/h2-11H,12H2,1H3,(H,23,27)(H,24,26). The van der Waals surface area contributed by atoms with Crippen LogP contribution in [0.25, 0.3) is 20.8 Å². The average molecular weight is 419 g/mol. The van der Waals surface area contributed by atoms with E-state index < -0.39 is 24.0 Å². The maximum atomic E-state index is 12.1. The maximum absolute atomic E-state index is 12.1. The third-order valence-corrected chi connectivity index (χ3v) is 5.40. The van der Waals surface area contributed by atoms with Crippen LogP contribution >= 0.6 is 11.3 Å². The van der Waals surface area contributed by atoms with E-state index in [1.807, 2.05) is 31.2 Å². The molecule has 2 N–H and O–H groups in total. The molecule has 0 aliphatic carbocycles. The number of benzene rings is 2. The van der Waals surface area contributed by atoms with Gasteiger partial charge < -0.3 is 15.0 Å². The highest BCUT2D eigenvalue weighted by molar-refractivity contribution is 7.21. The highest BCUT2D eigenvalue weighted by Crippen LogP contribution is 2.31. The second-order valence-corrected chi connectivity index (χ2v) is 7.64. The fourth-order valence-electron chi connectivity index (χ4n) is 2.84. The smallest absolute Gasteiger partial charge is 0.344 e. The molecule has 0 saturated carbocycles. The van der Waals surface area contributed by atoms with E-state index in [2.05, 4.69) is 21.4 Å². The Balaban J connectivity index is 1.38. The van der Waals surface area contributed by atoms with Gasteiger partial charge in [-0.1, -0.05) is 6.07 Å². The minimum Gasteiger partial charge on any atom is -0.452 e. The van der Waals surface area contributed by atoms with E-state index in [-0.39, 0.29) is 5.56 Å². The number of thiazole rings is 1. The number of aryl methyl sites for hydroxylation is 1. The van der Waals surface area contributed by atoms with Crippen LogP contribution in [0.5, 0.6) is 0 Å². The van der Waals surface area contributed by atoms with Crippen LogP contribution in [0, 0.1) is 6.92 Å². The summed E-state index contributed by atoms with van der Waals surface area (Å²) in [5.41, 5.74) is 2.94. The molecule has 7 nitrogen and oxygen atoms in total. The van der Waals surface area contributed by atoms with Crippen LogP contribution in [0.4, 0.5) is 5.69 Å². The van der Waals surface area contributed by atoms with Gasteiger partial charge in [0, 0.05) is 17.4 Å². The SMILES string of the molecule is Cc1ccc2nc(-c3ccc(NC(=O)COC(=O)c4ccc[nH]c4=O)cc3)sc2c1. The normalized spacial score (nSPS) is 10.7. The van der Waals surface area contributed by atoms with Crippen molar-refractivity contribution in [2.24, 2.45) is 0 Å². The van der Waals surface area contributed by atoms with Crippen LogP contribution in [-0.4, -0.2) is 28.5 Å². The molecule has 2 heterocycles. The number of carbonyl (C=O) groups excluding carboxylic acids is 2. The Morgan fingerprint density at radius 3 is 2.70 bits per heavy atom. The molecular weight excluding hydrogens is 402 g/mol. The lowest BCUT2D eigenvalue weighted by molar-refractivity contribution is -0.119. The predicted molar refractivity (Wildman–Crippen MR) is 116 cm³/mol. The number of ether oxygens (including phenoxy) is 1. The van der Waals surface area contributed by atoms with Gasteiger partial charge in [-0.15, -0.1) is 11.3 Å². The largest absolute Gasteiger partial charge is 0.452 e. The monoisotopic (exact) mass is 419 g/mol.